The lowest BCUT2D eigenvalue weighted by Gasteiger charge is -2.15. The maximum atomic E-state index is 11.4. The van der Waals surface area contributed by atoms with Crippen molar-refractivity contribution in [2.45, 2.75) is 20.4 Å². The van der Waals surface area contributed by atoms with Crippen molar-refractivity contribution in [1.82, 2.24) is 4.90 Å². The molecule has 0 N–H and O–H groups in total. The Balaban J connectivity index is 1.96. The van der Waals surface area contributed by atoms with Crippen LogP contribution in [0.2, 0.25) is 0 Å². The number of hydrogen-bond donors (Lipinski definition) is 0. The monoisotopic (exact) mass is 217 g/mol. The first-order valence-corrected chi connectivity index (χ1v) is 5.93. The Morgan fingerprint density at radius 3 is 2.56 bits per heavy atom. The number of likely N-dealkylation sites (tertiary alicyclic amines) is 1. The summed E-state index contributed by atoms with van der Waals surface area (Å²) in [4.78, 5) is 13.8. The maximum absolute atomic E-state index is 11.4. The third-order valence-corrected chi connectivity index (χ3v) is 3.46. The predicted octanol–water partition coefficient (Wildman–Crippen LogP) is 2.34. The zero-order chi connectivity index (χ0) is 11.5. The number of Topliss-reactive ketones (excluding diaryl/α,β-unsaturated/α-hetero) is 1. The summed E-state index contributed by atoms with van der Waals surface area (Å²) in [5.74, 6) is 1.08. The van der Waals surface area contributed by atoms with E-state index in [1.165, 1.54) is 5.56 Å². The molecule has 2 nitrogen and oxygen atoms in total. The smallest absolute Gasteiger partial charge is 0.134 e. The number of benzene rings is 1. The van der Waals surface area contributed by atoms with E-state index in [0.29, 0.717) is 11.7 Å². The van der Waals surface area contributed by atoms with E-state index in [1.54, 1.807) is 6.92 Å². The van der Waals surface area contributed by atoms with Crippen LogP contribution in [0.25, 0.3) is 0 Å². The van der Waals surface area contributed by atoms with Gasteiger partial charge in [-0.3, -0.25) is 9.69 Å². The van der Waals surface area contributed by atoms with E-state index in [2.05, 4.69) is 36.1 Å². The van der Waals surface area contributed by atoms with E-state index in [1.807, 2.05) is 6.07 Å². The average molecular weight is 217 g/mol. The molecule has 2 atom stereocenters. The molecule has 0 aliphatic carbocycles. The quantitative estimate of drug-likeness (QED) is 0.774. The number of nitrogens with zero attached hydrogens (tertiary/aromatic N) is 1. The van der Waals surface area contributed by atoms with E-state index in [9.17, 15) is 4.79 Å². The summed E-state index contributed by atoms with van der Waals surface area (Å²) in [5, 5.41) is 0. The van der Waals surface area contributed by atoms with E-state index in [-0.39, 0.29) is 5.92 Å². The lowest BCUT2D eigenvalue weighted by molar-refractivity contribution is -0.121. The van der Waals surface area contributed by atoms with Crippen LogP contribution in [-0.4, -0.2) is 23.8 Å². The fourth-order valence-electron chi connectivity index (χ4n) is 2.57. The molecule has 1 aromatic carbocycles. The van der Waals surface area contributed by atoms with Crippen molar-refractivity contribution in [3.63, 3.8) is 0 Å². The third-order valence-electron chi connectivity index (χ3n) is 3.46. The Hall–Kier alpha value is -1.15. The molecule has 1 saturated heterocycles. The van der Waals surface area contributed by atoms with Gasteiger partial charge in [0.25, 0.3) is 0 Å². The predicted molar refractivity (Wildman–Crippen MR) is 65.1 cm³/mol. The van der Waals surface area contributed by atoms with Gasteiger partial charge >= 0.3 is 0 Å². The minimum atomic E-state index is 0.240. The Morgan fingerprint density at radius 1 is 1.31 bits per heavy atom. The molecular formula is C14H19NO. The third kappa shape index (κ3) is 2.50. The zero-order valence-electron chi connectivity index (χ0n) is 10.0. The fraction of sp³-hybridized carbons (Fsp3) is 0.500. The van der Waals surface area contributed by atoms with Crippen molar-refractivity contribution in [2.24, 2.45) is 11.8 Å². The van der Waals surface area contributed by atoms with Crippen molar-refractivity contribution in [3.05, 3.63) is 35.9 Å². The summed E-state index contributed by atoms with van der Waals surface area (Å²) < 4.78 is 0. The first-order chi connectivity index (χ1) is 7.66. The number of carbonyl (C=O) groups is 1. The van der Waals surface area contributed by atoms with E-state index in [4.69, 9.17) is 0 Å². The van der Waals surface area contributed by atoms with E-state index >= 15 is 0 Å². The molecule has 2 heteroatoms. The molecule has 0 amide bonds. The number of ketones is 1. The second-order valence-corrected chi connectivity index (χ2v) is 4.87. The maximum Gasteiger partial charge on any atom is 0.134 e. The van der Waals surface area contributed by atoms with Crippen LogP contribution in [0, 0.1) is 11.8 Å². The second-order valence-electron chi connectivity index (χ2n) is 4.87. The number of rotatable bonds is 3. The van der Waals surface area contributed by atoms with E-state index in [0.717, 1.165) is 19.6 Å². The minimum Gasteiger partial charge on any atom is -0.300 e. The summed E-state index contributed by atoms with van der Waals surface area (Å²) in [6, 6.07) is 10.5. The molecule has 0 bridgehead atoms. The molecule has 1 aromatic rings. The highest BCUT2D eigenvalue weighted by Crippen LogP contribution is 2.24. The highest BCUT2D eigenvalue weighted by Gasteiger charge is 2.32. The van der Waals surface area contributed by atoms with Crippen LogP contribution in [0.1, 0.15) is 19.4 Å². The normalized spacial score (nSPS) is 25.9. The van der Waals surface area contributed by atoms with Gasteiger partial charge in [0, 0.05) is 25.6 Å². The highest BCUT2D eigenvalue weighted by molar-refractivity contribution is 5.79. The number of hydrogen-bond acceptors (Lipinski definition) is 2. The lowest BCUT2D eigenvalue weighted by Crippen LogP contribution is -2.22. The lowest BCUT2D eigenvalue weighted by atomic mass is 9.95. The molecule has 16 heavy (non-hydrogen) atoms. The van der Waals surface area contributed by atoms with Crippen LogP contribution in [0.5, 0.6) is 0 Å². The zero-order valence-corrected chi connectivity index (χ0v) is 10.0. The Bertz CT molecular complexity index is 360. The van der Waals surface area contributed by atoms with Gasteiger partial charge in [0.2, 0.25) is 0 Å². The molecule has 1 aliphatic heterocycles. The van der Waals surface area contributed by atoms with Crippen LogP contribution < -0.4 is 0 Å². The van der Waals surface area contributed by atoms with Crippen LogP contribution in [-0.2, 0) is 11.3 Å². The van der Waals surface area contributed by atoms with Gasteiger partial charge in [0.1, 0.15) is 5.78 Å². The molecule has 2 unspecified atom stereocenters. The Kier molecular flexibility index (Phi) is 3.39. The van der Waals surface area contributed by atoms with E-state index < -0.39 is 0 Å². The topological polar surface area (TPSA) is 20.3 Å². The Labute approximate surface area is 97.3 Å². The van der Waals surface area contributed by atoms with Crippen molar-refractivity contribution in [2.75, 3.05) is 13.1 Å². The van der Waals surface area contributed by atoms with Gasteiger partial charge in [-0.2, -0.15) is 0 Å². The van der Waals surface area contributed by atoms with Gasteiger partial charge in [-0.1, -0.05) is 37.3 Å². The summed E-state index contributed by atoms with van der Waals surface area (Å²) in [5.41, 5.74) is 1.33. The molecule has 1 aliphatic rings. The van der Waals surface area contributed by atoms with Crippen molar-refractivity contribution in [1.29, 1.82) is 0 Å². The van der Waals surface area contributed by atoms with Crippen molar-refractivity contribution >= 4 is 5.78 Å². The SMILES string of the molecule is CC(=O)C1CN(Cc2ccccc2)CC1C. The number of carbonyl (C=O) groups excluding carboxylic acids is 1. The van der Waals surface area contributed by atoms with Crippen LogP contribution in [0.15, 0.2) is 30.3 Å². The van der Waals surface area contributed by atoms with Crippen LogP contribution in [0.3, 0.4) is 0 Å². The van der Waals surface area contributed by atoms with Crippen molar-refractivity contribution in [3.8, 4) is 0 Å². The van der Waals surface area contributed by atoms with Gasteiger partial charge < -0.3 is 0 Å². The van der Waals surface area contributed by atoms with Crippen LogP contribution in [0.4, 0.5) is 0 Å². The molecule has 0 aromatic heterocycles. The van der Waals surface area contributed by atoms with Gasteiger partial charge in [0.15, 0.2) is 0 Å². The minimum absolute atomic E-state index is 0.240. The average Bonchev–Trinajstić information content (AvgIpc) is 2.61. The first-order valence-electron chi connectivity index (χ1n) is 5.93. The molecule has 0 radical (unpaired) electrons. The molecule has 1 fully saturated rings. The van der Waals surface area contributed by atoms with Crippen molar-refractivity contribution < 1.29 is 4.79 Å². The summed E-state index contributed by atoms with van der Waals surface area (Å²) in [7, 11) is 0. The molecule has 1 heterocycles. The van der Waals surface area contributed by atoms with Gasteiger partial charge in [0.05, 0.1) is 0 Å². The summed E-state index contributed by atoms with van der Waals surface area (Å²) >= 11 is 0. The second kappa shape index (κ2) is 4.79. The molecule has 86 valence electrons. The summed E-state index contributed by atoms with van der Waals surface area (Å²) in [6.07, 6.45) is 0. The molecule has 2 rings (SSSR count). The van der Waals surface area contributed by atoms with Crippen LogP contribution >= 0.6 is 0 Å². The highest BCUT2D eigenvalue weighted by atomic mass is 16.1. The molecule has 0 spiro atoms. The first kappa shape index (κ1) is 11.3. The van der Waals surface area contributed by atoms with Gasteiger partial charge in [-0.15, -0.1) is 0 Å². The Morgan fingerprint density at radius 2 is 2.00 bits per heavy atom. The molecular weight excluding hydrogens is 198 g/mol. The molecule has 0 saturated carbocycles. The largest absolute Gasteiger partial charge is 0.300 e. The van der Waals surface area contributed by atoms with Gasteiger partial charge in [-0.05, 0) is 18.4 Å². The standard InChI is InChI=1S/C14H19NO/c1-11-8-15(10-14(11)12(2)16)9-13-6-4-3-5-7-13/h3-7,11,14H,8-10H2,1-2H3. The fourth-order valence-corrected chi connectivity index (χ4v) is 2.57. The summed E-state index contributed by atoms with van der Waals surface area (Å²) in [6.45, 7) is 6.82. The van der Waals surface area contributed by atoms with Gasteiger partial charge in [-0.25, -0.2) is 0 Å².